The van der Waals surface area contributed by atoms with Gasteiger partial charge in [-0.05, 0) is 11.5 Å². The van der Waals surface area contributed by atoms with E-state index in [2.05, 4.69) is 4.98 Å². The fourth-order valence-electron chi connectivity index (χ4n) is 2.21. The SMILES string of the molecule is CC(C)(C)COc1cc2c(=O)c3cc([N+](=O)[O-])ccc3oc2cn1. The summed E-state index contributed by atoms with van der Waals surface area (Å²) < 4.78 is 11.2. The molecule has 124 valence electrons. The number of nitro groups is 1. The molecule has 1 aromatic carbocycles. The Balaban J connectivity index is 2.14. The van der Waals surface area contributed by atoms with Crippen LogP contribution in [0, 0.1) is 15.5 Å². The number of nitro benzene ring substituents is 1. The van der Waals surface area contributed by atoms with Gasteiger partial charge in [0.2, 0.25) is 11.3 Å². The summed E-state index contributed by atoms with van der Waals surface area (Å²) in [4.78, 5) is 27.1. The number of hydrogen-bond acceptors (Lipinski definition) is 6. The predicted octanol–water partition coefficient (Wildman–Crippen LogP) is 3.67. The van der Waals surface area contributed by atoms with Crippen molar-refractivity contribution in [3.8, 4) is 5.88 Å². The van der Waals surface area contributed by atoms with Gasteiger partial charge in [0.1, 0.15) is 5.58 Å². The van der Waals surface area contributed by atoms with E-state index < -0.39 is 4.92 Å². The van der Waals surface area contributed by atoms with Crippen LogP contribution in [0.3, 0.4) is 0 Å². The maximum absolute atomic E-state index is 12.7. The van der Waals surface area contributed by atoms with Crippen LogP contribution in [-0.2, 0) is 0 Å². The number of non-ortho nitro benzene ring substituents is 1. The number of pyridine rings is 1. The molecule has 0 N–H and O–H groups in total. The largest absolute Gasteiger partial charge is 0.477 e. The van der Waals surface area contributed by atoms with Crippen LogP contribution in [0.5, 0.6) is 5.88 Å². The molecule has 0 saturated heterocycles. The van der Waals surface area contributed by atoms with Crippen molar-refractivity contribution in [3.05, 3.63) is 50.8 Å². The molecular weight excluding hydrogens is 312 g/mol. The first-order chi connectivity index (χ1) is 11.2. The number of hydrogen-bond donors (Lipinski definition) is 0. The fourth-order valence-corrected chi connectivity index (χ4v) is 2.21. The molecule has 0 unspecified atom stereocenters. The zero-order chi connectivity index (χ0) is 17.5. The molecule has 0 fully saturated rings. The molecule has 0 spiro atoms. The molecule has 2 heterocycles. The Kier molecular flexibility index (Phi) is 3.71. The highest BCUT2D eigenvalue weighted by molar-refractivity contribution is 5.90. The van der Waals surface area contributed by atoms with E-state index in [-0.39, 0.29) is 32.9 Å². The van der Waals surface area contributed by atoms with Crippen LogP contribution in [0.1, 0.15) is 20.8 Å². The highest BCUT2D eigenvalue weighted by Gasteiger charge is 2.15. The summed E-state index contributed by atoms with van der Waals surface area (Å²) in [6, 6.07) is 5.44. The number of nitrogens with zero attached hydrogens (tertiary/aromatic N) is 2. The third kappa shape index (κ3) is 3.05. The lowest BCUT2D eigenvalue weighted by Gasteiger charge is -2.18. The van der Waals surface area contributed by atoms with Crippen molar-refractivity contribution in [2.45, 2.75) is 20.8 Å². The van der Waals surface area contributed by atoms with Gasteiger partial charge < -0.3 is 9.15 Å². The molecule has 0 aliphatic carbocycles. The summed E-state index contributed by atoms with van der Waals surface area (Å²) in [7, 11) is 0. The topological polar surface area (TPSA) is 95.5 Å². The summed E-state index contributed by atoms with van der Waals surface area (Å²) in [6.07, 6.45) is 1.43. The van der Waals surface area contributed by atoms with Gasteiger partial charge in [-0.2, -0.15) is 0 Å². The lowest BCUT2D eigenvalue weighted by atomic mass is 9.99. The highest BCUT2D eigenvalue weighted by atomic mass is 16.6. The Bertz CT molecular complexity index is 1000. The number of rotatable bonds is 3. The number of aromatic nitrogens is 1. The monoisotopic (exact) mass is 328 g/mol. The van der Waals surface area contributed by atoms with E-state index in [1.54, 1.807) is 0 Å². The normalized spacial score (nSPS) is 11.8. The summed E-state index contributed by atoms with van der Waals surface area (Å²) in [5, 5.41) is 11.3. The van der Waals surface area contributed by atoms with Crippen LogP contribution in [0.2, 0.25) is 0 Å². The fraction of sp³-hybridized carbons (Fsp3) is 0.294. The Labute approximate surface area is 137 Å². The van der Waals surface area contributed by atoms with Crippen LogP contribution in [0.15, 0.2) is 39.7 Å². The number of benzene rings is 1. The van der Waals surface area contributed by atoms with E-state index in [1.807, 2.05) is 20.8 Å². The first kappa shape index (κ1) is 15.9. The Morgan fingerprint density at radius 1 is 1.21 bits per heavy atom. The molecule has 3 aromatic rings. The van der Waals surface area contributed by atoms with Gasteiger partial charge in [0, 0.05) is 18.2 Å². The van der Waals surface area contributed by atoms with E-state index >= 15 is 0 Å². The van der Waals surface area contributed by atoms with E-state index in [9.17, 15) is 14.9 Å². The van der Waals surface area contributed by atoms with Crippen molar-refractivity contribution in [1.82, 2.24) is 4.98 Å². The molecule has 7 nitrogen and oxygen atoms in total. The van der Waals surface area contributed by atoms with Crippen LogP contribution in [-0.4, -0.2) is 16.5 Å². The molecule has 0 radical (unpaired) electrons. The first-order valence-electron chi connectivity index (χ1n) is 7.38. The minimum atomic E-state index is -0.548. The minimum Gasteiger partial charge on any atom is -0.477 e. The maximum Gasteiger partial charge on any atom is 0.270 e. The van der Waals surface area contributed by atoms with Crippen molar-refractivity contribution in [2.24, 2.45) is 5.41 Å². The Hall–Kier alpha value is -2.96. The number of ether oxygens (including phenoxy) is 1. The molecule has 0 atom stereocenters. The van der Waals surface area contributed by atoms with E-state index in [0.29, 0.717) is 18.1 Å². The lowest BCUT2D eigenvalue weighted by molar-refractivity contribution is -0.384. The van der Waals surface area contributed by atoms with Gasteiger partial charge in [0.15, 0.2) is 5.58 Å². The minimum absolute atomic E-state index is 0.0503. The van der Waals surface area contributed by atoms with Gasteiger partial charge in [0.25, 0.3) is 5.69 Å². The van der Waals surface area contributed by atoms with E-state index in [1.165, 1.54) is 30.5 Å². The smallest absolute Gasteiger partial charge is 0.270 e. The van der Waals surface area contributed by atoms with Crippen molar-refractivity contribution >= 4 is 27.6 Å². The molecule has 0 amide bonds. The van der Waals surface area contributed by atoms with Gasteiger partial charge in [-0.3, -0.25) is 14.9 Å². The molecule has 0 saturated carbocycles. The summed E-state index contributed by atoms with van der Waals surface area (Å²) in [6.45, 7) is 6.51. The second-order valence-corrected chi connectivity index (χ2v) is 6.74. The van der Waals surface area contributed by atoms with Crippen molar-refractivity contribution < 1.29 is 14.1 Å². The standard InChI is InChI=1S/C17H16N2O5/c1-17(2,3)9-23-15-7-12-14(8-18-15)24-13-5-4-10(19(21)22)6-11(13)16(12)20/h4-8H,9H2,1-3H3. The molecule has 0 aliphatic heterocycles. The summed E-state index contributed by atoms with van der Waals surface area (Å²) in [5.74, 6) is 0.314. The lowest BCUT2D eigenvalue weighted by Crippen LogP contribution is -2.17. The van der Waals surface area contributed by atoms with Crippen LogP contribution >= 0.6 is 0 Å². The molecule has 0 bridgehead atoms. The third-order valence-corrected chi connectivity index (χ3v) is 3.38. The average molecular weight is 328 g/mol. The summed E-state index contributed by atoms with van der Waals surface area (Å²) >= 11 is 0. The molecule has 7 heteroatoms. The van der Waals surface area contributed by atoms with Crippen molar-refractivity contribution in [1.29, 1.82) is 0 Å². The van der Waals surface area contributed by atoms with Gasteiger partial charge in [0.05, 0.1) is 28.5 Å². The van der Waals surface area contributed by atoms with E-state index in [4.69, 9.17) is 9.15 Å². The molecular formula is C17H16N2O5. The summed E-state index contributed by atoms with van der Waals surface area (Å²) in [5.41, 5.74) is 0.0313. The number of fused-ring (bicyclic) bond motifs is 2. The zero-order valence-electron chi connectivity index (χ0n) is 13.5. The van der Waals surface area contributed by atoms with Crippen LogP contribution in [0.25, 0.3) is 21.9 Å². The van der Waals surface area contributed by atoms with Crippen LogP contribution < -0.4 is 10.2 Å². The van der Waals surface area contributed by atoms with Gasteiger partial charge in [-0.1, -0.05) is 20.8 Å². The molecule has 2 aromatic heterocycles. The third-order valence-electron chi connectivity index (χ3n) is 3.38. The van der Waals surface area contributed by atoms with E-state index in [0.717, 1.165) is 0 Å². The second-order valence-electron chi connectivity index (χ2n) is 6.74. The molecule has 0 aliphatic rings. The van der Waals surface area contributed by atoms with Gasteiger partial charge in [-0.15, -0.1) is 0 Å². The zero-order valence-corrected chi connectivity index (χ0v) is 13.5. The van der Waals surface area contributed by atoms with Gasteiger partial charge in [-0.25, -0.2) is 4.98 Å². The second kappa shape index (κ2) is 5.59. The van der Waals surface area contributed by atoms with Crippen LogP contribution in [0.4, 0.5) is 5.69 Å². The Morgan fingerprint density at radius 3 is 2.58 bits per heavy atom. The predicted molar refractivity (Wildman–Crippen MR) is 89.4 cm³/mol. The molecule has 3 rings (SSSR count). The van der Waals surface area contributed by atoms with Crippen molar-refractivity contribution in [2.75, 3.05) is 6.61 Å². The Morgan fingerprint density at radius 2 is 1.92 bits per heavy atom. The first-order valence-corrected chi connectivity index (χ1v) is 7.38. The maximum atomic E-state index is 12.7. The highest BCUT2D eigenvalue weighted by Crippen LogP contribution is 2.24. The van der Waals surface area contributed by atoms with Crippen molar-refractivity contribution in [3.63, 3.8) is 0 Å². The average Bonchev–Trinajstić information content (AvgIpc) is 2.52. The van der Waals surface area contributed by atoms with Gasteiger partial charge >= 0.3 is 0 Å². The molecule has 24 heavy (non-hydrogen) atoms. The quantitative estimate of drug-likeness (QED) is 0.413.